The van der Waals surface area contributed by atoms with Crippen LogP contribution < -0.4 is 0 Å². The molecular weight excluding hydrogens is 399 g/mol. The number of aromatic nitrogens is 2. The molecule has 2 N–H and O–H groups in total. The maximum absolute atomic E-state index is 13.2. The van der Waals surface area contributed by atoms with E-state index in [-0.39, 0.29) is 29.4 Å². The fourth-order valence-electron chi connectivity index (χ4n) is 3.38. The fraction of sp³-hybridized carbons (Fsp3) is 0.125. The Bertz CT molecular complexity index is 1260. The van der Waals surface area contributed by atoms with Crippen molar-refractivity contribution in [3.05, 3.63) is 89.0 Å². The first-order chi connectivity index (χ1) is 15.0. The van der Waals surface area contributed by atoms with Crippen molar-refractivity contribution in [2.24, 2.45) is 0 Å². The van der Waals surface area contributed by atoms with E-state index in [2.05, 4.69) is 9.97 Å². The topological polar surface area (TPSA) is 92.5 Å². The molecule has 2 aromatic heterocycles. The summed E-state index contributed by atoms with van der Waals surface area (Å²) in [6.07, 6.45) is 2.11. The van der Waals surface area contributed by atoms with Gasteiger partial charge in [0.1, 0.15) is 11.3 Å². The average Bonchev–Trinajstić information content (AvgIpc) is 2.80. The van der Waals surface area contributed by atoms with E-state index in [9.17, 15) is 19.4 Å². The number of methoxy groups -OCH3 is 1. The van der Waals surface area contributed by atoms with Gasteiger partial charge >= 0.3 is 5.97 Å². The minimum absolute atomic E-state index is 0.0964. The Morgan fingerprint density at radius 1 is 1.03 bits per heavy atom. The van der Waals surface area contributed by atoms with Crippen molar-refractivity contribution in [2.75, 3.05) is 7.11 Å². The van der Waals surface area contributed by atoms with Gasteiger partial charge in [0.15, 0.2) is 11.4 Å². The molecule has 31 heavy (non-hydrogen) atoms. The number of pyridine rings is 2. The van der Waals surface area contributed by atoms with Crippen molar-refractivity contribution in [3.63, 3.8) is 0 Å². The van der Waals surface area contributed by atoms with Crippen molar-refractivity contribution >= 4 is 16.9 Å². The highest BCUT2D eigenvalue weighted by Gasteiger charge is 2.22. The SMILES string of the molecule is COC(=O)c1nc(-c2ccc(CO)cc2)c2cc(Cc3ccc(F)cc3)cnc2c1O. The lowest BCUT2D eigenvalue weighted by atomic mass is 10.0. The molecule has 0 amide bonds. The van der Waals surface area contributed by atoms with Gasteiger partial charge in [-0.05, 0) is 41.3 Å². The number of rotatable bonds is 5. The Morgan fingerprint density at radius 3 is 2.35 bits per heavy atom. The molecule has 0 radical (unpaired) electrons. The third-order valence-corrected chi connectivity index (χ3v) is 4.98. The van der Waals surface area contributed by atoms with Crippen LogP contribution in [0.4, 0.5) is 4.39 Å². The van der Waals surface area contributed by atoms with Crippen LogP contribution in [0.5, 0.6) is 5.75 Å². The predicted molar refractivity (Wildman–Crippen MR) is 113 cm³/mol. The zero-order valence-corrected chi connectivity index (χ0v) is 16.7. The van der Waals surface area contributed by atoms with E-state index in [0.29, 0.717) is 23.1 Å². The Kier molecular flexibility index (Phi) is 5.60. The standard InChI is InChI=1S/C24H19FN2O4/c1-31-24(30)22-23(29)21-19(20(27-22)17-6-2-15(13-28)3-7-17)11-16(12-26-21)10-14-4-8-18(25)9-5-14/h2-9,11-12,28-29H,10,13H2,1H3. The van der Waals surface area contributed by atoms with Gasteiger partial charge in [-0.25, -0.2) is 14.2 Å². The molecule has 0 aliphatic carbocycles. The molecule has 2 aromatic carbocycles. The molecule has 0 saturated heterocycles. The van der Waals surface area contributed by atoms with E-state index in [4.69, 9.17) is 4.74 Å². The molecule has 4 aromatic rings. The summed E-state index contributed by atoms with van der Waals surface area (Å²) in [5, 5.41) is 20.5. The van der Waals surface area contributed by atoms with Crippen LogP contribution in [-0.2, 0) is 17.8 Å². The number of ether oxygens (including phenoxy) is 1. The van der Waals surface area contributed by atoms with E-state index >= 15 is 0 Å². The molecule has 0 spiro atoms. The lowest BCUT2D eigenvalue weighted by Crippen LogP contribution is -2.07. The number of nitrogens with zero attached hydrogens (tertiary/aromatic N) is 2. The summed E-state index contributed by atoms with van der Waals surface area (Å²) in [7, 11) is 1.21. The van der Waals surface area contributed by atoms with Crippen molar-refractivity contribution < 1.29 is 24.1 Å². The van der Waals surface area contributed by atoms with Crippen LogP contribution >= 0.6 is 0 Å². The van der Waals surface area contributed by atoms with Gasteiger partial charge in [-0.2, -0.15) is 0 Å². The van der Waals surface area contributed by atoms with E-state index < -0.39 is 5.97 Å². The quantitative estimate of drug-likeness (QED) is 0.476. The second-order valence-electron chi connectivity index (χ2n) is 7.05. The van der Waals surface area contributed by atoms with E-state index in [1.54, 1.807) is 42.6 Å². The number of aliphatic hydroxyl groups excluding tert-OH is 1. The summed E-state index contributed by atoms with van der Waals surface area (Å²) >= 11 is 0. The van der Waals surface area contributed by atoms with Crippen molar-refractivity contribution in [1.82, 2.24) is 9.97 Å². The largest absolute Gasteiger partial charge is 0.504 e. The molecule has 0 atom stereocenters. The van der Waals surface area contributed by atoms with Crippen LogP contribution in [0.3, 0.4) is 0 Å². The Morgan fingerprint density at radius 2 is 1.71 bits per heavy atom. The fourth-order valence-corrected chi connectivity index (χ4v) is 3.38. The summed E-state index contributed by atoms with van der Waals surface area (Å²) in [5.74, 6) is -1.44. The van der Waals surface area contributed by atoms with Gasteiger partial charge in [0.2, 0.25) is 0 Å². The number of hydrogen-bond donors (Lipinski definition) is 2. The number of fused-ring (bicyclic) bond motifs is 1. The molecule has 0 aliphatic rings. The van der Waals surface area contributed by atoms with Crippen molar-refractivity contribution in [1.29, 1.82) is 0 Å². The maximum Gasteiger partial charge on any atom is 0.360 e. The zero-order chi connectivity index (χ0) is 22.0. The molecule has 0 saturated carbocycles. The van der Waals surface area contributed by atoms with E-state index in [0.717, 1.165) is 16.7 Å². The number of carbonyl (C=O) groups is 1. The molecule has 6 nitrogen and oxygen atoms in total. The third kappa shape index (κ3) is 4.08. The minimum Gasteiger partial charge on any atom is -0.504 e. The molecule has 0 bridgehead atoms. The average molecular weight is 418 g/mol. The van der Waals surface area contributed by atoms with Gasteiger partial charge in [0, 0.05) is 17.1 Å². The normalized spacial score (nSPS) is 10.9. The predicted octanol–water partition coefficient (Wildman–Crippen LogP) is 4.01. The molecule has 4 rings (SSSR count). The number of hydrogen-bond acceptors (Lipinski definition) is 6. The van der Waals surface area contributed by atoms with Crippen LogP contribution in [0.25, 0.3) is 22.2 Å². The lowest BCUT2D eigenvalue weighted by molar-refractivity contribution is 0.0591. The summed E-state index contributed by atoms with van der Waals surface area (Å²) in [6, 6.07) is 15.1. The van der Waals surface area contributed by atoms with Gasteiger partial charge in [-0.3, -0.25) is 4.98 Å². The molecule has 2 heterocycles. The summed E-state index contributed by atoms with van der Waals surface area (Å²) < 4.78 is 18.0. The molecule has 0 fully saturated rings. The maximum atomic E-state index is 13.2. The second-order valence-corrected chi connectivity index (χ2v) is 7.05. The number of esters is 1. The first kappa shape index (κ1) is 20.4. The van der Waals surface area contributed by atoms with Crippen LogP contribution in [0.2, 0.25) is 0 Å². The summed E-state index contributed by atoms with van der Waals surface area (Å²) in [4.78, 5) is 20.9. The van der Waals surface area contributed by atoms with Crippen molar-refractivity contribution in [2.45, 2.75) is 13.0 Å². The highest BCUT2D eigenvalue weighted by Crippen LogP contribution is 2.34. The highest BCUT2D eigenvalue weighted by molar-refractivity contribution is 6.03. The number of carbonyl (C=O) groups excluding carboxylic acids is 1. The van der Waals surface area contributed by atoms with Gasteiger partial charge in [-0.15, -0.1) is 0 Å². The Balaban J connectivity index is 1.89. The molecule has 0 unspecified atom stereocenters. The first-order valence-electron chi connectivity index (χ1n) is 9.54. The number of aliphatic hydroxyl groups is 1. The molecular formula is C24H19FN2O4. The van der Waals surface area contributed by atoms with Crippen LogP contribution in [0, 0.1) is 5.82 Å². The van der Waals surface area contributed by atoms with E-state index in [1.807, 2.05) is 6.07 Å². The summed E-state index contributed by atoms with van der Waals surface area (Å²) in [6.45, 7) is -0.0964. The second kappa shape index (κ2) is 8.49. The lowest BCUT2D eigenvalue weighted by Gasteiger charge is -2.12. The first-order valence-corrected chi connectivity index (χ1v) is 9.54. The van der Waals surface area contributed by atoms with Gasteiger partial charge in [0.05, 0.1) is 19.4 Å². The number of halogens is 1. The monoisotopic (exact) mass is 418 g/mol. The van der Waals surface area contributed by atoms with E-state index in [1.165, 1.54) is 19.2 Å². The number of benzene rings is 2. The van der Waals surface area contributed by atoms with Crippen LogP contribution in [0.1, 0.15) is 27.2 Å². The van der Waals surface area contributed by atoms with Crippen LogP contribution in [-0.4, -0.2) is 33.3 Å². The van der Waals surface area contributed by atoms with Gasteiger partial charge in [-0.1, -0.05) is 36.4 Å². The van der Waals surface area contributed by atoms with Crippen LogP contribution in [0.15, 0.2) is 60.8 Å². The smallest absolute Gasteiger partial charge is 0.360 e. The number of aromatic hydroxyl groups is 1. The molecule has 7 heteroatoms. The molecule has 156 valence electrons. The zero-order valence-electron chi connectivity index (χ0n) is 16.7. The minimum atomic E-state index is -0.773. The van der Waals surface area contributed by atoms with Gasteiger partial charge in [0.25, 0.3) is 0 Å². The van der Waals surface area contributed by atoms with Gasteiger partial charge < -0.3 is 14.9 Å². The van der Waals surface area contributed by atoms with Crippen molar-refractivity contribution in [3.8, 4) is 17.0 Å². The summed E-state index contributed by atoms with van der Waals surface area (Å²) in [5.41, 5.74) is 3.60. The third-order valence-electron chi connectivity index (χ3n) is 4.98. The molecule has 0 aliphatic heterocycles. The Labute approximate surface area is 177 Å². The Hall–Kier alpha value is -3.84. The highest BCUT2D eigenvalue weighted by atomic mass is 19.1.